The first-order chi connectivity index (χ1) is 12.8. The topological polar surface area (TPSA) is 67.8 Å². The minimum atomic E-state index is -4.37. The highest BCUT2D eigenvalue weighted by atomic mass is 19.4. The number of ether oxygens (including phenoxy) is 2. The number of carbonyl (C=O) groups excluding carboxylic acids is 1. The molecule has 0 aliphatic rings. The molecule has 0 saturated carbocycles. The molecule has 0 aliphatic carbocycles. The number of carbonyl (C=O) groups is 1. The molecule has 2 rings (SSSR count). The van der Waals surface area contributed by atoms with Gasteiger partial charge in [0.1, 0.15) is 12.4 Å². The van der Waals surface area contributed by atoms with Crippen LogP contribution in [0.3, 0.4) is 0 Å². The first-order valence-corrected chi connectivity index (χ1v) is 8.12. The summed E-state index contributed by atoms with van der Waals surface area (Å²) in [6, 6.07) is 12.8. The third kappa shape index (κ3) is 6.92. The van der Waals surface area contributed by atoms with Crippen LogP contribution in [0.4, 0.5) is 13.2 Å². The number of alkyl halides is 3. The summed E-state index contributed by atoms with van der Waals surface area (Å²) in [5.41, 5.74) is 1.49. The van der Waals surface area contributed by atoms with E-state index in [-0.39, 0.29) is 13.2 Å². The lowest BCUT2D eigenvalue weighted by Crippen LogP contribution is -2.28. The number of amides is 1. The molecule has 0 bridgehead atoms. The summed E-state index contributed by atoms with van der Waals surface area (Å²) in [5, 5.41) is 12.7. The predicted molar refractivity (Wildman–Crippen MR) is 92.4 cm³/mol. The van der Waals surface area contributed by atoms with Gasteiger partial charge >= 0.3 is 6.18 Å². The van der Waals surface area contributed by atoms with E-state index in [0.29, 0.717) is 22.4 Å². The average Bonchev–Trinajstić information content (AvgIpc) is 2.65. The predicted octanol–water partition coefficient (Wildman–Crippen LogP) is 3.24. The molecule has 2 aromatic carbocycles. The van der Waals surface area contributed by atoms with Gasteiger partial charge in [-0.15, -0.1) is 0 Å². The van der Waals surface area contributed by atoms with Gasteiger partial charge in [0.05, 0.1) is 19.8 Å². The molecule has 0 saturated heterocycles. The number of halogens is 3. The maximum atomic E-state index is 12.1. The monoisotopic (exact) mass is 383 g/mol. The van der Waals surface area contributed by atoms with Gasteiger partial charge in [-0.1, -0.05) is 24.3 Å². The Labute approximate surface area is 154 Å². The van der Waals surface area contributed by atoms with Crippen molar-refractivity contribution < 1.29 is 32.5 Å². The first-order valence-electron chi connectivity index (χ1n) is 8.12. The van der Waals surface area contributed by atoms with Gasteiger partial charge in [-0.3, -0.25) is 4.79 Å². The second-order valence-corrected chi connectivity index (χ2v) is 5.80. The van der Waals surface area contributed by atoms with Gasteiger partial charge in [-0.05, 0) is 35.4 Å². The van der Waals surface area contributed by atoms with Crippen LogP contribution >= 0.6 is 0 Å². The van der Waals surface area contributed by atoms with E-state index in [9.17, 15) is 23.1 Å². The van der Waals surface area contributed by atoms with E-state index in [1.54, 1.807) is 31.4 Å². The molecule has 8 heteroatoms. The van der Waals surface area contributed by atoms with E-state index >= 15 is 0 Å². The highest BCUT2D eigenvalue weighted by Crippen LogP contribution is 2.18. The molecule has 2 aromatic rings. The largest absolute Gasteiger partial charge is 0.497 e. The van der Waals surface area contributed by atoms with Gasteiger partial charge in [0.2, 0.25) is 0 Å². The highest BCUT2D eigenvalue weighted by Gasteiger charge is 2.27. The van der Waals surface area contributed by atoms with Crippen molar-refractivity contribution in [2.75, 3.05) is 20.3 Å². The van der Waals surface area contributed by atoms with Crippen LogP contribution in [0.1, 0.15) is 27.6 Å². The fraction of sp³-hybridized carbons (Fsp3) is 0.316. The fourth-order valence-corrected chi connectivity index (χ4v) is 2.27. The number of aliphatic hydroxyl groups excluding tert-OH is 1. The molecule has 146 valence electrons. The van der Waals surface area contributed by atoms with Gasteiger partial charge in [0, 0.05) is 12.1 Å². The van der Waals surface area contributed by atoms with E-state index in [0.717, 1.165) is 0 Å². The second kappa shape index (κ2) is 9.38. The number of rotatable bonds is 8. The van der Waals surface area contributed by atoms with Gasteiger partial charge in [0.15, 0.2) is 0 Å². The molecule has 2 N–H and O–H groups in total. The van der Waals surface area contributed by atoms with Crippen molar-refractivity contribution >= 4 is 5.91 Å². The zero-order valence-electron chi connectivity index (χ0n) is 14.6. The van der Waals surface area contributed by atoms with Crippen LogP contribution in [-0.2, 0) is 11.3 Å². The van der Waals surface area contributed by atoms with Crippen LogP contribution < -0.4 is 10.1 Å². The fourth-order valence-electron chi connectivity index (χ4n) is 2.27. The van der Waals surface area contributed by atoms with Crippen LogP contribution in [0, 0.1) is 0 Å². The lowest BCUT2D eigenvalue weighted by molar-refractivity contribution is -0.176. The molecule has 27 heavy (non-hydrogen) atoms. The maximum absolute atomic E-state index is 12.1. The van der Waals surface area contributed by atoms with E-state index in [1.165, 1.54) is 24.3 Å². The molecule has 0 aromatic heterocycles. The molecule has 1 amide bonds. The molecule has 5 nitrogen and oxygen atoms in total. The van der Waals surface area contributed by atoms with E-state index in [4.69, 9.17) is 4.74 Å². The van der Waals surface area contributed by atoms with Crippen LogP contribution in [-0.4, -0.2) is 37.5 Å². The third-order valence-electron chi connectivity index (χ3n) is 3.71. The summed E-state index contributed by atoms with van der Waals surface area (Å²) >= 11 is 0. The number of hydrogen-bond donors (Lipinski definition) is 2. The Hall–Kier alpha value is -2.58. The first kappa shape index (κ1) is 20.7. The minimum Gasteiger partial charge on any atom is -0.497 e. The Balaban J connectivity index is 1.82. The van der Waals surface area contributed by atoms with Crippen molar-refractivity contribution in [1.82, 2.24) is 5.32 Å². The van der Waals surface area contributed by atoms with Crippen LogP contribution in [0.2, 0.25) is 0 Å². The zero-order chi connectivity index (χ0) is 19.9. The standard InChI is InChI=1S/C19H20F3NO4/c1-26-16-8-6-14(7-9-16)17(24)10-23-18(25)15-4-2-13(3-5-15)11-27-12-19(20,21)22/h2-9,17,24H,10-12H2,1H3,(H,23,25). The quantitative estimate of drug-likeness (QED) is 0.735. The van der Waals surface area contributed by atoms with E-state index in [2.05, 4.69) is 10.1 Å². The molecule has 1 unspecified atom stereocenters. The second-order valence-electron chi connectivity index (χ2n) is 5.80. The summed E-state index contributed by atoms with van der Waals surface area (Å²) < 4.78 is 45.7. The number of benzene rings is 2. The number of nitrogens with one attached hydrogen (secondary N) is 1. The Morgan fingerprint density at radius 3 is 2.30 bits per heavy atom. The summed E-state index contributed by atoms with van der Waals surface area (Å²) in [4.78, 5) is 12.1. The van der Waals surface area contributed by atoms with Crippen molar-refractivity contribution in [3.05, 3.63) is 65.2 Å². The summed E-state index contributed by atoms with van der Waals surface area (Å²) in [5.74, 6) is 0.264. The molecule has 1 atom stereocenters. The smallest absolute Gasteiger partial charge is 0.411 e. The van der Waals surface area contributed by atoms with Gasteiger partial charge in [0.25, 0.3) is 5.91 Å². The molecular formula is C19H20F3NO4. The van der Waals surface area contributed by atoms with Crippen molar-refractivity contribution in [3.8, 4) is 5.75 Å². The summed E-state index contributed by atoms with van der Waals surface area (Å²) in [7, 11) is 1.54. The Morgan fingerprint density at radius 1 is 1.11 bits per heavy atom. The third-order valence-corrected chi connectivity index (χ3v) is 3.71. The molecule has 0 aliphatic heterocycles. The molecule has 0 fully saturated rings. The maximum Gasteiger partial charge on any atom is 0.411 e. The van der Waals surface area contributed by atoms with Crippen LogP contribution in [0.25, 0.3) is 0 Å². The Morgan fingerprint density at radius 2 is 1.74 bits per heavy atom. The van der Waals surface area contributed by atoms with Gasteiger partial charge < -0.3 is 19.9 Å². The lowest BCUT2D eigenvalue weighted by atomic mass is 10.1. The average molecular weight is 383 g/mol. The summed E-state index contributed by atoms with van der Waals surface area (Å²) in [6.45, 7) is -1.50. The lowest BCUT2D eigenvalue weighted by Gasteiger charge is -2.13. The molecule has 0 heterocycles. The molecular weight excluding hydrogens is 363 g/mol. The summed E-state index contributed by atoms with van der Waals surface area (Å²) in [6.07, 6.45) is -5.25. The SMILES string of the molecule is COc1ccc(C(O)CNC(=O)c2ccc(COCC(F)(F)F)cc2)cc1. The Bertz CT molecular complexity index is 730. The van der Waals surface area contributed by atoms with Crippen molar-refractivity contribution in [2.24, 2.45) is 0 Å². The number of aliphatic hydroxyl groups is 1. The van der Waals surface area contributed by atoms with Crippen molar-refractivity contribution in [1.29, 1.82) is 0 Å². The zero-order valence-corrected chi connectivity index (χ0v) is 14.6. The van der Waals surface area contributed by atoms with Crippen LogP contribution in [0.5, 0.6) is 5.75 Å². The van der Waals surface area contributed by atoms with Crippen molar-refractivity contribution in [2.45, 2.75) is 18.9 Å². The number of hydrogen-bond acceptors (Lipinski definition) is 4. The van der Waals surface area contributed by atoms with E-state index in [1.807, 2.05) is 0 Å². The molecule has 0 spiro atoms. The van der Waals surface area contributed by atoms with Gasteiger partial charge in [-0.2, -0.15) is 13.2 Å². The minimum absolute atomic E-state index is 0.0155. The van der Waals surface area contributed by atoms with Crippen LogP contribution in [0.15, 0.2) is 48.5 Å². The van der Waals surface area contributed by atoms with Gasteiger partial charge in [-0.25, -0.2) is 0 Å². The Kier molecular flexibility index (Phi) is 7.20. The number of methoxy groups -OCH3 is 1. The van der Waals surface area contributed by atoms with Crippen molar-refractivity contribution in [3.63, 3.8) is 0 Å². The highest BCUT2D eigenvalue weighted by molar-refractivity contribution is 5.94. The normalized spacial score (nSPS) is 12.5. The molecule has 0 radical (unpaired) electrons. The van der Waals surface area contributed by atoms with E-state index < -0.39 is 24.8 Å².